The summed E-state index contributed by atoms with van der Waals surface area (Å²) in [6.45, 7) is 0.517. The number of hydrogen-bond acceptors (Lipinski definition) is 4. The molecular weight excluding hydrogens is 110 g/mol. The quantitative estimate of drug-likeness (QED) is 0.270. The molecule has 0 rings (SSSR count). The molecule has 0 saturated heterocycles. The molecule has 0 aromatic rings. The van der Waals surface area contributed by atoms with Gasteiger partial charge in [-0.05, 0) is 18.5 Å². The van der Waals surface area contributed by atoms with Crippen LogP contribution in [-0.4, -0.2) is 11.6 Å². The van der Waals surface area contributed by atoms with Crippen LogP contribution in [0.2, 0.25) is 0 Å². The maximum atomic E-state index is 6.90. The molecule has 0 heterocycles. The number of nitrogens with two attached hydrogens (primary N) is 2. The molecular formula is C3H9N3S. The Morgan fingerprint density at radius 3 is 2.43 bits per heavy atom. The Labute approximate surface area is 47.1 Å². The Bertz CT molecular complexity index is 63.2. The highest BCUT2D eigenvalue weighted by Crippen LogP contribution is 1.91. The zero-order valence-corrected chi connectivity index (χ0v) is 4.79. The topological polar surface area (TPSA) is 75.9 Å². The molecule has 0 aromatic carbocycles. The second-order valence-corrected chi connectivity index (χ2v) is 1.81. The molecule has 0 aliphatic rings. The van der Waals surface area contributed by atoms with Gasteiger partial charge in [0.05, 0.1) is 5.04 Å². The second kappa shape index (κ2) is 4.11. The van der Waals surface area contributed by atoms with Gasteiger partial charge in [-0.1, -0.05) is 0 Å². The Balaban J connectivity index is 3.00. The summed E-state index contributed by atoms with van der Waals surface area (Å²) in [5, 5.41) is 12.3. The van der Waals surface area contributed by atoms with Gasteiger partial charge in [0.1, 0.15) is 0 Å². The van der Waals surface area contributed by atoms with Gasteiger partial charge >= 0.3 is 0 Å². The van der Waals surface area contributed by atoms with Gasteiger partial charge in [0, 0.05) is 6.42 Å². The molecule has 7 heavy (non-hydrogen) atoms. The molecule has 4 heteroatoms. The van der Waals surface area contributed by atoms with Crippen LogP contribution >= 0.6 is 11.9 Å². The SMILES string of the molecule is N=C(CCN)SN. The van der Waals surface area contributed by atoms with E-state index < -0.39 is 0 Å². The Morgan fingerprint density at radius 1 is 1.71 bits per heavy atom. The number of nitrogens with one attached hydrogen (secondary N) is 1. The van der Waals surface area contributed by atoms with Crippen molar-refractivity contribution in [1.29, 1.82) is 5.41 Å². The van der Waals surface area contributed by atoms with Gasteiger partial charge in [-0.3, -0.25) is 10.5 Å². The molecule has 5 N–H and O–H groups in total. The highest BCUT2D eigenvalue weighted by atomic mass is 32.2. The number of rotatable bonds is 2. The fourth-order valence-electron chi connectivity index (χ4n) is 0.190. The molecule has 42 valence electrons. The van der Waals surface area contributed by atoms with Crippen molar-refractivity contribution in [3.63, 3.8) is 0 Å². The van der Waals surface area contributed by atoms with Crippen LogP contribution in [0.15, 0.2) is 0 Å². The van der Waals surface area contributed by atoms with E-state index in [0.717, 1.165) is 11.9 Å². The minimum absolute atomic E-state index is 0.447. The van der Waals surface area contributed by atoms with Gasteiger partial charge in [0.25, 0.3) is 0 Å². The van der Waals surface area contributed by atoms with E-state index in [0.29, 0.717) is 18.0 Å². The maximum Gasteiger partial charge on any atom is 0.0802 e. The largest absolute Gasteiger partial charge is 0.330 e. The van der Waals surface area contributed by atoms with Crippen molar-refractivity contribution in [2.45, 2.75) is 6.42 Å². The lowest BCUT2D eigenvalue weighted by atomic mass is 10.5. The molecule has 0 aliphatic carbocycles. The van der Waals surface area contributed by atoms with Gasteiger partial charge in [-0.15, -0.1) is 0 Å². The van der Waals surface area contributed by atoms with Crippen LogP contribution in [0.1, 0.15) is 6.42 Å². The van der Waals surface area contributed by atoms with Crippen LogP contribution in [0, 0.1) is 5.41 Å². The Kier molecular flexibility index (Phi) is 4.07. The summed E-state index contributed by atoms with van der Waals surface area (Å²) in [7, 11) is 0. The van der Waals surface area contributed by atoms with Crippen LogP contribution in [-0.2, 0) is 0 Å². The van der Waals surface area contributed by atoms with Gasteiger partial charge in [0.15, 0.2) is 0 Å². The van der Waals surface area contributed by atoms with E-state index in [-0.39, 0.29) is 0 Å². The fourth-order valence-corrected chi connectivity index (χ4v) is 0.426. The summed E-state index contributed by atoms with van der Waals surface area (Å²) in [5.74, 6) is 0. The van der Waals surface area contributed by atoms with Crippen molar-refractivity contribution in [3.8, 4) is 0 Å². The molecule has 0 fully saturated rings. The molecule has 0 spiro atoms. The normalized spacial score (nSPS) is 8.86. The van der Waals surface area contributed by atoms with Gasteiger partial charge in [0.2, 0.25) is 0 Å². The summed E-state index contributed by atoms with van der Waals surface area (Å²) in [4.78, 5) is 0. The van der Waals surface area contributed by atoms with E-state index in [1.165, 1.54) is 0 Å². The molecule has 0 amide bonds. The van der Waals surface area contributed by atoms with E-state index in [1.54, 1.807) is 0 Å². The lowest BCUT2D eigenvalue weighted by Gasteiger charge is -1.91. The molecule has 0 saturated carbocycles. The highest BCUT2D eigenvalue weighted by Gasteiger charge is 1.87. The first-order chi connectivity index (χ1) is 3.31. The molecule has 0 radical (unpaired) electrons. The minimum Gasteiger partial charge on any atom is -0.330 e. The Hall–Kier alpha value is -0.0600. The van der Waals surface area contributed by atoms with E-state index in [4.69, 9.17) is 16.3 Å². The Morgan fingerprint density at radius 2 is 2.29 bits per heavy atom. The predicted molar refractivity (Wildman–Crippen MR) is 33.2 cm³/mol. The molecule has 3 nitrogen and oxygen atoms in total. The van der Waals surface area contributed by atoms with Crippen LogP contribution in [0.5, 0.6) is 0 Å². The van der Waals surface area contributed by atoms with Crippen molar-refractivity contribution in [3.05, 3.63) is 0 Å². The summed E-state index contributed by atoms with van der Waals surface area (Å²) >= 11 is 0.953. The minimum atomic E-state index is 0.447. The summed E-state index contributed by atoms with van der Waals surface area (Å²) in [6, 6.07) is 0. The smallest absolute Gasteiger partial charge is 0.0802 e. The monoisotopic (exact) mass is 119 g/mol. The van der Waals surface area contributed by atoms with Gasteiger partial charge < -0.3 is 5.73 Å². The molecule has 0 aromatic heterocycles. The van der Waals surface area contributed by atoms with Gasteiger partial charge in [-0.25, -0.2) is 0 Å². The summed E-state index contributed by atoms with van der Waals surface area (Å²) < 4.78 is 0. The third-order valence-electron chi connectivity index (χ3n) is 0.514. The third-order valence-corrected chi connectivity index (χ3v) is 1.00. The van der Waals surface area contributed by atoms with Crippen molar-refractivity contribution in [1.82, 2.24) is 0 Å². The van der Waals surface area contributed by atoms with Crippen LogP contribution in [0.25, 0.3) is 0 Å². The molecule has 0 bridgehead atoms. The fraction of sp³-hybridized carbons (Fsp3) is 0.667. The first-order valence-corrected chi connectivity index (χ1v) is 2.83. The van der Waals surface area contributed by atoms with Crippen LogP contribution in [0.4, 0.5) is 0 Å². The zero-order valence-electron chi connectivity index (χ0n) is 3.98. The van der Waals surface area contributed by atoms with Crippen LogP contribution < -0.4 is 10.9 Å². The number of hydrogen-bond donors (Lipinski definition) is 3. The van der Waals surface area contributed by atoms with Gasteiger partial charge in [-0.2, -0.15) is 0 Å². The van der Waals surface area contributed by atoms with Crippen molar-refractivity contribution < 1.29 is 0 Å². The lowest BCUT2D eigenvalue weighted by Crippen LogP contribution is -2.05. The van der Waals surface area contributed by atoms with Crippen molar-refractivity contribution in [2.75, 3.05) is 6.54 Å². The zero-order chi connectivity index (χ0) is 5.70. The molecule has 0 unspecified atom stereocenters. The highest BCUT2D eigenvalue weighted by molar-refractivity contribution is 8.11. The third kappa shape index (κ3) is 3.78. The first kappa shape index (κ1) is 6.94. The van der Waals surface area contributed by atoms with Crippen molar-refractivity contribution >= 4 is 17.0 Å². The molecule has 0 atom stereocenters. The first-order valence-electron chi connectivity index (χ1n) is 1.95. The van der Waals surface area contributed by atoms with E-state index in [1.807, 2.05) is 0 Å². The second-order valence-electron chi connectivity index (χ2n) is 1.08. The summed E-state index contributed by atoms with van der Waals surface area (Å²) in [5.41, 5.74) is 5.10. The lowest BCUT2D eigenvalue weighted by molar-refractivity contribution is 1.05. The summed E-state index contributed by atoms with van der Waals surface area (Å²) in [6.07, 6.45) is 0.598. The van der Waals surface area contributed by atoms with Crippen molar-refractivity contribution in [2.24, 2.45) is 10.9 Å². The van der Waals surface area contributed by atoms with E-state index in [2.05, 4.69) is 0 Å². The maximum absolute atomic E-state index is 6.90. The standard InChI is InChI=1S/C3H9N3S/c4-2-1-3(5)7-6/h5H,1-2,4,6H2. The van der Waals surface area contributed by atoms with E-state index >= 15 is 0 Å². The molecule has 0 aliphatic heterocycles. The predicted octanol–water partition coefficient (Wildman–Crippen LogP) is -0.0806. The average molecular weight is 119 g/mol. The average Bonchev–Trinajstić information content (AvgIpc) is 1.68. The van der Waals surface area contributed by atoms with E-state index in [9.17, 15) is 0 Å². The van der Waals surface area contributed by atoms with Crippen LogP contribution in [0.3, 0.4) is 0 Å².